The molecule has 1 amide bonds. The van der Waals surface area contributed by atoms with Gasteiger partial charge in [-0.3, -0.25) is 9.78 Å². The highest BCUT2D eigenvalue weighted by Gasteiger charge is 2.24. The Balaban J connectivity index is 1.44. The van der Waals surface area contributed by atoms with E-state index in [4.69, 9.17) is 4.98 Å². The number of nitrogens with zero attached hydrogens (tertiary/aromatic N) is 5. The van der Waals surface area contributed by atoms with Gasteiger partial charge in [0.1, 0.15) is 0 Å². The van der Waals surface area contributed by atoms with Crippen LogP contribution in [0, 0.1) is 0 Å². The summed E-state index contributed by atoms with van der Waals surface area (Å²) in [5, 5.41) is 0. The zero-order valence-corrected chi connectivity index (χ0v) is 19.6. The van der Waals surface area contributed by atoms with Crippen LogP contribution in [0.3, 0.4) is 0 Å². The minimum atomic E-state index is 0.00190. The lowest BCUT2D eigenvalue weighted by atomic mass is 9.86. The van der Waals surface area contributed by atoms with E-state index in [0.717, 1.165) is 15.7 Å². The van der Waals surface area contributed by atoms with Crippen molar-refractivity contribution >= 4 is 27.8 Å². The molecule has 2 aromatic heterocycles. The fourth-order valence-electron chi connectivity index (χ4n) is 3.62. The number of anilines is 1. The van der Waals surface area contributed by atoms with E-state index in [1.807, 2.05) is 11.0 Å². The molecule has 0 radical (unpaired) electrons. The Bertz CT molecular complexity index is 1070. The number of amides is 1. The Morgan fingerprint density at radius 1 is 1.00 bits per heavy atom. The van der Waals surface area contributed by atoms with Gasteiger partial charge in [-0.1, -0.05) is 45.0 Å². The topological polar surface area (TPSA) is 62.2 Å². The molecule has 0 N–H and O–H groups in total. The van der Waals surface area contributed by atoms with Gasteiger partial charge in [0, 0.05) is 54.8 Å². The second kappa shape index (κ2) is 8.75. The second-order valence-electron chi connectivity index (χ2n) is 8.74. The van der Waals surface area contributed by atoms with E-state index in [2.05, 4.69) is 75.8 Å². The zero-order chi connectivity index (χ0) is 22.0. The van der Waals surface area contributed by atoms with Crippen molar-refractivity contribution in [2.24, 2.45) is 0 Å². The van der Waals surface area contributed by atoms with Crippen LogP contribution in [0.25, 0.3) is 11.3 Å². The maximum atomic E-state index is 12.7. The molecule has 0 bridgehead atoms. The fourth-order valence-corrected chi connectivity index (χ4v) is 3.99. The van der Waals surface area contributed by atoms with Crippen LogP contribution in [-0.2, 0) is 5.41 Å². The zero-order valence-electron chi connectivity index (χ0n) is 18.0. The third-order valence-corrected chi connectivity index (χ3v) is 5.92. The average Bonchev–Trinajstić information content (AvgIpc) is 2.78. The van der Waals surface area contributed by atoms with Crippen molar-refractivity contribution in [1.82, 2.24) is 19.9 Å². The quantitative estimate of drug-likeness (QED) is 0.550. The summed E-state index contributed by atoms with van der Waals surface area (Å²) in [6, 6.07) is 12.3. The molecule has 1 aliphatic heterocycles. The van der Waals surface area contributed by atoms with E-state index in [0.29, 0.717) is 37.7 Å². The molecule has 0 unspecified atom stereocenters. The van der Waals surface area contributed by atoms with Crippen molar-refractivity contribution in [3.05, 3.63) is 70.6 Å². The van der Waals surface area contributed by atoms with Crippen LogP contribution in [0.4, 0.5) is 5.95 Å². The van der Waals surface area contributed by atoms with Crippen LogP contribution in [-0.4, -0.2) is 51.9 Å². The highest BCUT2D eigenvalue weighted by Crippen LogP contribution is 2.26. The van der Waals surface area contributed by atoms with Crippen molar-refractivity contribution in [1.29, 1.82) is 0 Å². The first kappa shape index (κ1) is 21.4. The van der Waals surface area contributed by atoms with Crippen molar-refractivity contribution in [2.45, 2.75) is 26.2 Å². The van der Waals surface area contributed by atoms with Gasteiger partial charge in [0.25, 0.3) is 5.91 Å². The minimum Gasteiger partial charge on any atom is -0.337 e. The smallest absolute Gasteiger partial charge is 0.255 e. The summed E-state index contributed by atoms with van der Waals surface area (Å²) in [5.74, 6) is 0.704. The first-order chi connectivity index (χ1) is 14.8. The number of carbonyl (C=O) groups is 1. The summed E-state index contributed by atoms with van der Waals surface area (Å²) < 4.78 is 0.803. The van der Waals surface area contributed by atoms with Crippen LogP contribution in [0.1, 0.15) is 36.7 Å². The van der Waals surface area contributed by atoms with Crippen LogP contribution < -0.4 is 4.90 Å². The number of piperazine rings is 1. The number of rotatable bonds is 3. The molecule has 0 atom stereocenters. The molecule has 1 fully saturated rings. The van der Waals surface area contributed by atoms with Gasteiger partial charge in [0.2, 0.25) is 5.95 Å². The maximum absolute atomic E-state index is 12.7. The van der Waals surface area contributed by atoms with Crippen LogP contribution in [0.5, 0.6) is 0 Å². The largest absolute Gasteiger partial charge is 0.337 e. The number of carbonyl (C=O) groups excluding carboxylic acids is 1. The van der Waals surface area contributed by atoms with Crippen molar-refractivity contribution in [3.63, 3.8) is 0 Å². The van der Waals surface area contributed by atoms with E-state index in [1.165, 1.54) is 5.56 Å². The summed E-state index contributed by atoms with van der Waals surface area (Å²) in [5.41, 5.74) is 4.00. The van der Waals surface area contributed by atoms with E-state index in [1.54, 1.807) is 24.7 Å². The van der Waals surface area contributed by atoms with E-state index >= 15 is 0 Å². The Hall–Kier alpha value is -2.80. The predicted molar refractivity (Wildman–Crippen MR) is 126 cm³/mol. The lowest BCUT2D eigenvalue weighted by Gasteiger charge is -2.34. The number of benzene rings is 1. The Labute approximate surface area is 191 Å². The molecular weight excluding hydrogens is 454 g/mol. The number of hydrogen-bond acceptors (Lipinski definition) is 5. The Kier molecular flexibility index (Phi) is 6.05. The standard InChI is InChI=1S/C24H26BrN5O/c1-24(2,3)19-6-4-17(5-7-19)21-8-9-27-23(28-21)30-12-10-29(11-13-30)22(31)18-14-20(25)16-26-15-18/h4-9,14-16H,10-13H2,1-3H3. The summed E-state index contributed by atoms with van der Waals surface area (Å²) >= 11 is 3.38. The molecule has 3 heterocycles. The summed E-state index contributed by atoms with van der Waals surface area (Å²) in [4.78, 5) is 30.1. The van der Waals surface area contributed by atoms with Gasteiger partial charge in [0.15, 0.2) is 0 Å². The predicted octanol–water partition coefficient (Wildman–Crippen LogP) is 4.56. The summed E-state index contributed by atoms with van der Waals surface area (Å²) in [6.07, 6.45) is 5.09. The molecule has 1 aromatic carbocycles. The summed E-state index contributed by atoms with van der Waals surface area (Å²) in [7, 11) is 0. The number of hydrogen-bond donors (Lipinski definition) is 0. The number of pyridine rings is 1. The van der Waals surface area contributed by atoms with E-state index in [9.17, 15) is 4.79 Å². The fraction of sp³-hybridized carbons (Fsp3) is 0.333. The van der Waals surface area contributed by atoms with Crippen molar-refractivity contribution in [3.8, 4) is 11.3 Å². The van der Waals surface area contributed by atoms with Crippen LogP contribution >= 0.6 is 15.9 Å². The first-order valence-corrected chi connectivity index (χ1v) is 11.2. The summed E-state index contributed by atoms with van der Waals surface area (Å²) in [6.45, 7) is 9.27. The molecule has 1 aliphatic rings. The Morgan fingerprint density at radius 2 is 1.71 bits per heavy atom. The van der Waals surface area contributed by atoms with Gasteiger partial charge in [-0.15, -0.1) is 0 Å². The molecule has 1 saturated heterocycles. The molecule has 4 rings (SSSR count). The highest BCUT2D eigenvalue weighted by atomic mass is 79.9. The lowest BCUT2D eigenvalue weighted by molar-refractivity contribution is 0.0745. The highest BCUT2D eigenvalue weighted by molar-refractivity contribution is 9.10. The first-order valence-electron chi connectivity index (χ1n) is 10.4. The SMILES string of the molecule is CC(C)(C)c1ccc(-c2ccnc(N3CCN(C(=O)c4cncc(Br)c4)CC3)n2)cc1. The third kappa shape index (κ3) is 4.93. The van der Waals surface area contributed by atoms with E-state index in [-0.39, 0.29) is 11.3 Å². The normalized spacial score (nSPS) is 14.6. The van der Waals surface area contributed by atoms with Gasteiger partial charge in [-0.25, -0.2) is 9.97 Å². The lowest BCUT2D eigenvalue weighted by Crippen LogP contribution is -2.49. The van der Waals surface area contributed by atoms with Gasteiger partial charge in [0.05, 0.1) is 11.3 Å². The van der Waals surface area contributed by atoms with Crippen molar-refractivity contribution in [2.75, 3.05) is 31.1 Å². The minimum absolute atomic E-state index is 0.00190. The molecule has 0 saturated carbocycles. The van der Waals surface area contributed by atoms with Crippen LogP contribution in [0.15, 0.2) is 59.5 Å². The van der Waals surface area contributed by atoms with Crippen LogP contribution in [0.2, 0.25) is 0 Å². The van der Waals surface area contributed by atoms with Gasteiger partial charge >= 0.3 is 0 Å². The maximum Gasteiger partial charge on any atom is 0.255 e. The molecule has 3 aromatic rings. The second-order valence-corrected chi connectivity index (χ2v) is 9.66. The molecule has 6 nitrogen and oxygen atoms in total. The van der Waals surface area contributed by atoms with Crippen molar-refractivity contribution < 1.29 is 4.79 Å². The number of halogens is 1. The molecule has 160 valence electrons. The average molecular weight is 480 g/mol. The third-order valence-electron chi connectivity index (χ3n) is 5.49. The van der Waals surface area contributed by atoms with Gasteiger partial charge < -0.3 is 9.80 Å². The van der Waals surface area contributed by atoms with Gasteiger partial charge in [-0.2, -0.15) is 0 Å². The molecule has 0 aliphatic carbocycles. The van der Waals surface area contributed by atoms with Gasteiger partial charge in [-0.05, 0) is 39.0 Å². The molecule has 0 spiro atoms. The number of aromatic nitrogens is 3. The monoisotopic (exact) mass is 479 g/mol. The molecule has 7 heteroatoms. The molecular formula is C24H26BrN5O. The Morgan fingerprint density at radius 3 is 2.35 bits per heavy atom. The molecule has 31 heavy (non-hydrogen) atoms. The van der Waals surface area contributed by atoms with E-state index < -0.39 is 0 Å².